The third-order valence-electron chi connectivity index (χ3n) is 10.5. The smallest absolute Gasteiger partial charge is 0.131 e. The Labute approximate surface area is 326 Å². The second kappa shape index (κ2) is 16.8. The average Bonchev–Trinajstić information content (AvgIpc) is 3.38. The van der Waals surface area contributed by atoms with E-state index >= 15 is 0 Å². The highest BCUT2D eigenvalue weighted by atomic mass is 31.1. The third-order valence-corrected chi connectivity index (χ3v) is 15.4. The Bertz CT molecular complexity index is 1950. The van der Waals surface area contributed by atoms with Gasteiger partial charge in [0, 0.05) is 23.5 Å². The van der Waals surface area contributed by atoms with E-state index in [9.17, 15) is 0 Å². The summed E-state index contributed by atoms with van der Waals surface area (Å²) >= 11 is 0. The van der Waals surface area contributed by atoms with Crippen LogP contribution in [-0.2, 0) is 12.8 Å². The van der Waals surface area contributed by atoms with E-state index in [0.717, 1.165) is 66.6 Å². The molecule has 2 heterocycles. The van der Waals surface area contributed by atoms with Crippen molar-refractivity contribution in [2.45, 2.75) is 44.3 Å². The third kappa shape index (κ3) is 7.90. The van der Waals surface area contributed by atoms with Gasteiger partial charge in [0.1, 0.15) is 46.7 Å². The van der Waals surface area contributed by atoms with Gasteiger partial charge in [-0.2, -0.15) is 0 Å². The van der Waals surface area contributed by atoms with Gasteiger partial charge in [0.15, 0.2) is 0 Å². The van der Waals surface area contributed by atoms with E-state index in [2.05, 4.69) is 133 Å². The number of methoxy groups -OCH3 is 4. The number of benzene rings is 6. The Kier molecular flexibility index (Phi) is 11.3. The minimum absolute atomic E-state index is 0.0221. The summed E-state index contributed by atoms with van der Waals surface area (Å²) in [6, 6.07) is 47.4. The number of hydrogen-bond acceptors (Lipinski definition) is 6. The van der Waals surface area contributed by atoms with Crippen molar-refractivity contribution >= 4 is 47.7 Å². The molecule has 280 valence electrons. The van der Waals surface area contributed by atoms with Crippen LogP contribution in [0.4, 0.5) is 0 Å². The van der Waals surface area contributed by atoms with Gasteiger partial charge in [-0.3, -0.25) is 0 Å². The number of ether oxygens (including phenoxy) is 6. The van der Waals surface area contributed by atoms with Gasteiger partial charge in [-0.25, -0.2) is 0 Å². The zero-order valence-corrected chi connectivity index (χ0v) is 33.5. The first-order valence-corrected chi connectivity index (χ1v) is 21.5. The van der Waals surface area contributed by atoms with Crippen LogP contribution in [0.3, 0.4) is 0 Å². The second-order valence-corrected chi connectivity index (χ2v) is 18.2. The maximum atomic E-state index is 7.35. The normalized spacial score (nSPS) is 16.3. The highest BCUT2D eigenvalue weighted by Gasteiger charge is 2.32. The molecule has 8 heteroatoms. The van der Waals surface area contributed by atoms with E-state index in [4.69, 9.17) is 28.4 Å². The van der Waals surface area contributed by atoms with Crippen LogP contribution in [0.15, 0.2) is 133 Å². The number of para-hydroxylation sites is 2. The summed E-state index contributed by atoms with van der Waals surface area (Å²) in [5.41, 5.74) is 2.38. The fourth-order valence-electron chi connectivity index (χ4n) is 7.67. The Balaban J connectivity index is 1.22. The van der Waals surface area contributed by atoms with Crippen LogP contribution in [-0.4, -0.2) is 40.6 Å². The molecule has 0 aliphatic carbocycles. The van der Waals surface area contributed by atoms with Gasteiger partial charge in [0.05, 0.1) is 28.4 Å². The fraction of sp³-hybridized carbons (Fsp3) is 0.234. The van der Waals surface area contributed by atoms with Crippen molar-refractivity contribution in [2.75, 3.05) is 28.4 Å². The van der Waals surface area contributed by atoms with E-state index in [1.54, 1.807) is 28.4 Å². The summed E-state index contributed by atoms with van der Waals surface area (Å²) in [5, 5.41) is 7.35. The van der Waals surface area contributed by atoms with Crippen molar-refractivity contribution in [1.29, 1.82) is 0 Å². The van der Waals surface area contributed by atoms with Gasteiger partial charge in [-0.1, -0.05) is 84.9 Å². The highest BCUT2D eigenvalue weighted by Crippen LogP contribution is 2.44. The summed E-state index contributed by atoms with van der Waals surface area (Å²) in [6.07, 6.45) is 4.39. The van der Waals surface area contributed by atoms with Crippen LogP contribution < -0.4 is 60.2 Å². The monoisotopic (exact) mass is 768 g/mol. The van der Waals surface area contributed by atoms with E-state index in [1.165, 1.54) is 43.0 Å². The Morgan fingerprint density at radius 1 is 0.418 bits per heavy atom. The first-order chi connectivity index (χ1) is 27.0. The topological polar surface area (TPSA) is 55.4 Å². The van der Waals surface area contributed by atoms with Gasteiger partial charge >= 0.3 is 0 Å². The maximum Gasteiger partial charge on any atom is 0.131 e. The van der Waals surface area contributed by atoms with Crippen LogP contribution in [0.1, 0.15) is 30.4 Å². The Hall–Kier alpha value is -5.02. The number of rotatable bonds is 10. The zero-order valence-electron chi connectivity index (χ0n) is 31.7. The van der Waals surface area contributed by atoms with E-state index in [1.807, 2.05) is 0 Å². The van der Waals surface area contributed by atoms with E-state index in [-0.39, 0.29) is 12.2 Å². The van der Waals surface area contributed by atoms with Gasteiger partial charge in [0.25, 0.3) is 0 Å². The first-order valence-electron chi connectivity index (χ1n) is 18.8. The molecule has 0 spiro atoms. The van der Waals surface area contributed by atoms with Crippen LogP contribution in [0.2, 0.25) is 0 Å². The Morgan fingerprint density at radius 2 is 0.727 bits per heavy atom. The molecular weight excluding hydrogens is 722 g/mol. The van der Waals surface area contributed by atoms with Gasteiger partial charge in [-0.05, 0) is 116 Å². The molecule has 0 saturated carbocycles. The average molecular weight is 769 g/mol. The molecule has 55 heavy (non-hydrogen) atoms. The van der Waals surface area contributed by atoms with Crippen molar-refractivity contribution in [3.8, 4) is 34.5 Å². The molecule has 2 atom stereocenters. The fourth-order valence-corrected chi connectivity index (χ4v) is 12.4. The van der Waals surface area contributed by atoms with Crippen molar-refractivity contribution in [1.82, 2.24) is 0 Å². The standard InChI is InChI=1S/C47H46O6P2/c1-48-34-14-22-40(23-15-34)54(41-24-16-35(49-2)17-25-41)44-12-5-8-32-30-39-11-7-10-38(52-46(32)44)31-33-9-6-13-45(47(33)53-39)55(42-26-18-36(50-3)19-27-42)43-28-20-37(51-4)21-29-43/h5-6,8-9,12-29,38-39H,7,10-11,30-31H2,1-4H3/t38-,39?/m1/s1. The molecule has 6 aromatic carbocycles. The molecule has 2 aliphatic heterocycles. The quantitative estimate of drug-likeness (QED) is 0.133. The summed E-state index contributed by atoms with van der Waals surface area (Å²) in [5.74, 6) is 5.36. The van der Waals surface area contributed by atoms with Crippen LogP contribution in [0.25, 0.3) is 0 Å². The molecule has 8 rings (SSSR count). The highest BCUT2D eigenvalue weighted by molar-refractivity contribution is 7.80. The minimum Gasteiger partial charge on any atom is -0.497 e. The predicted molar refractivity (Wildman–Crippen MR) is 227 cm³/mol. The van der Waals surface area contributed by atoms with Crippen molar-refractivity contribution < 1.29 is 28.4 Å². The van der Waals surface area contributed by atoms with Crippen molar-refractivity contribution in [3.63, 3.8) is 0 Å². The van der Waals surface area contributed by atoms with Gasteiger partial charge < -0.3 is 28.4 Å². The molecule has 0 aromatic heterocycles. The minimum atomic E-state index is -0.967. The van der Waals surface area contributed by atoms with E-state index in [0.29, 0.717) is 0 Å². The molecular formula is C47H46O6P2. The molecule has 2 bridgehead atoms. The van der Waals surface area contributed by atoms with Crippen molar-refractivity contribution in [3.05, 3.63) is 145 Å². The summed E-state index contributed by atoms with van der Waals surface area (Å²) in [6.45, 7) is 0. The SMILES string of the molecule is COc1ccc(P(c2ccc(OC)cc2)c2cccc3c2OC2CCC[C@H](C3)Oc3c(cccc3P(c3ccc(OC)cc3)c3ccc(OC)cc3)C2)cc1. The molecule has 0 saturated heterocycles. The maximum absolute atomic E-state index is 7.35. The molecule has 0 radical (unpaired) electrons. The predicted octanol–water partition coefficient (Wildman–Crippen LogP) is 7.71. The lowest BCUT2D eigenvalue weighted by Crippen LogP contribution is -2.30. The zero-order chi connectivity index (χ0) is 37.7. The second-order valence-electron chi connectivity index (χ2n) is 13.8. The molecule has 6 aromatic rings. The summed E-state index contributed by atoms with van der Waals surface area (Å²) in [7, 11) is 4.90. The molecule has 2 aliphatic rings. The first kappa shape index (κ1) is 36.9. The van der Waals surface area contributed by atoms with E-state index < -0.39 is 15.8 Å². The molecule has 6 nitrogen and oxygen atoms in total. The largest absolute Gasteiger partial charge is 0.497 e. The van der Waals surface area contributed by atoms with Gasteiger partial charge in [0.2, 0.25) is 0 Å². The molecule has 0 N–H and O–H groups in total. The van der Waals surface area contributed by atoms with Crippen LogP contribution in [0.5, 0.6) is 34.5 Å². The Morgan fingerprint density at radius 3 is 1.02 bits per heavy atom. The van der Waals surface area contributed by atoms with Crippen LogP contribution >= 0.6 is 15.8 Å². The van der Waals surface area contributed by atoms with Crippen molar-refractivity contribution in [2.24, 2.45) is 0 Å². The lowest BCUT2D eigenvalue weighted by molar-refractivity contribution is 0.189. The molecule has 0 fully saturated rings. The number of hydrogen-bond donors (Lipinski definition) is 0. The molecule has 0 amide bonds. The lowest BCUT2D eigenvalue weighted by Gasteiger charge is -2.30. The number of fused-ring (bicyclic) bond motifs is 6. The van der Waals surface area contributed by atoms with Gasteiger partial charge in [-0.15, -0.1) is 0 Å². The lowest BCUT2D eigenvalue weighted by atomic mass is 10.0. The summed E-state index contributed by atoms with van der Waals surface area (Å²) < 4.78 is 36.9. The summed E-state index contributed by atoms with van der Waals surface area (Å²) in [4.78, 5) is 0. The molecule has 1 unspecified atom stereocenters. The van der Waals surface area contributed by atoms with Crippen LogP contribution in [0, 0.1) is 0 Å².